The van der Waals surface area contributed by atoms with Gasteiger partial charge in [-0.25, -0.2) is 14.6 Å². The number of fused-ring (bicyclic) bond motifs is 2. The molecule has 260 valence electrons. The Hall–Kier alpha value is -3.54. The quantitative estimate of drug-likeness (QED) is 0.128. The summed E-state index contributed by atoms with van der Waals surface area (Å²) in [5.41, 5.74) is 2.97. The van der Waals surface area contributed by atoms with Crippen molar-refractivity contribution in [1.82, 2.24) is 25.1 Å². The van der Waals surface area contributed by atoms with Gasteiger partial charge in [-0.05, 0) is 43.0 Å². The van der Waals surface area contributed by atoms with Crippen molar-refractivity contribution in [3.05, 3.63) is 98.4 Å². The van der Waals surface area contributed by atoms with Crippen molar-refractivity contribution in [3.63, 3.8) is 0 Å². The van der Waals surface area contributed by atoms with Gasteiger partial charge in [-0.3, -0.25) is 11.2 Å². The van der Waals surface area contributed by atoms with Crippen LogP contribution in [0.15, 0.2) is 59.5 Å². The van der Waals surface area contributed by atoms with E-state index in [1.165, 1.54) is 13.2 Å². The number of benzene rings is 2. The van der Waals surface area contributed by atoms with Crippen LogP contribution in [0, 0.1) is 6.42 Å². The van der Waals surface area contributed by atoms with E-state index in [0.717, 1.165) is 47.7 Å². The van der Waals surface area contributed by atoms with E-state index in [4.69, 9.17) is 37.7 Å². The molecule has 2 aliphatic rings. The molecule has 0 unspecified atom stereocenters. The van der Waals surface area contributed by atoms with Crippen molar-refractivity contribution in [2.45, 2.75) is 37.5 Å². The summed E-state index contributed by atoms with van der Waals surface area (Å²) in [4.78, 5) is 21.6. The fourth-order valence-corrected chi connectivity index (χ4v) is 7.06. The summed E-state index contributed by atoms with van der Waals surface area (Å²) in [5.74, 6) is 0.228. The molecule has 1 fully saturated rings. The second-order valence-corrected chi connectivity index (χ2v) is 12.7. The summed E-state index contributed by atoms with van der Waals surface area (Å²) in [6, 6.07) is 13.7. The molecule has 2 atom stereocenters. The van der Waals surface area contributed by atoms with Crippen LogP contribution < -0.4 is 20.9 Å². The number of anilines is 2. The van der Waals surface area contributed by atoms with E-state index in [1.807, 2.05) is 18.2 Å². The normalized spacial score (nSPS) is 17.3. The minimum absolute atomic E-state index is 0. The molecule has 3 aromatic heterocycles. The van der Waals surface area contributed by atoms with Crippen molar-refractivity contribution in [3.8, 4) is 28.3 Å². The number of rotatable bonds is 7. The number of ether oxygens (including phenoxy) is 2. The van der Waals surface area contributed by atoms with Crippen LogP contribution in [-0.4, -0.2) is 46.1 Å². The molecule has 4 heterocycles. The van der Waals surface area contributed by atoms with E-state index >= 15 is 0 Å². The maximum Gasteiger partial charge on any atom is 0.433 e. The Kier molecular flexibility index (Phi) is 10.6. The molecular formula is C35H30Cl2F3MoN6O3-. The van der Waals surface area contributed by atoms with Crippen LogP contribution in [0.2, 0.25) is 10.0 Å². The summed E-state index contributed by atoms with van der Waals surface area (Å²) in [7, 11) is 3.01. The molecule has 0 amide bonds. The smallest absolute Gasteiger partial charge is 0.433 e. The zero-order chi connectivity index (χ0) is 34.4. The number of pyridine rings is 2. The van der Waals surface area contributed by atoms with Gasteiger partial charge in [-0.1, -0.05) is 60.1 Å². The van der Waals surface area contributed by atoms with E-state index in [0.29, 0.717) is 39.9 Å². The van der Waals surface area contributed by atoms with E-state index < -0.39 is 17.4 Å². The van der Waals surface area contributed by atoms with Gasteiger partial charge in [-0.2, -0.15) is 18.3 Å². The molecule has 1 aliphatic carbocycles. The van der Waals surface area contributed by atoms with Crippen LogP contribution in [0.3, 0.4) is 0 Å². The predicted molar refractivity (Wildman–Crippen MR) is 182 cm³/mol. The SMILES string of the molecule is COc1nc(-c2cccc(-c3cccc(Nc4nc(C(F)(F)F)cc5cnn(C)c(=O)c45)c3Cl)c2Cl)cc2c1[C@@H](N[C@H]1[CH-]COCC1)CC2.[Mo]. The predicted octanol–water partition coefficient (Wildman–Crippen LogP) is 7.70. The van der Waals surface area contributed by atoms with E-state index in [9.17, 15) is 18.0 Å². The first-order chi connectivity index (χ1) is 23.5. The maximum absolute atomic E-state index is 13.8. The number of aromatic nitrogens is 4. The summed E-state index contributed by atoms with van der Waals surface area (Å²) < 4.78 is 53.6. The van der Waals surface area contributed by atoms with Crippen LogP contribution in [-0.2, 0) is 45.4 Å². The number of nitrogens with one attached hydrogen (secondary N) is 2. The first-order valence-electron chi connectivity index (χ1n) is 15.6. The van der Waals surface area contributed by atoms with Gasteiger partial charge in [0.1, 0.15) is 11.5 Å². The summed E-state index contributed by atoms with van der Waals surface area (Å²) in [6.07, 6.45) is 1.23. The Morgan fingerprint density at radius 2 is 1.78 bits per heavy atom. The minimum Gasteiger partial charge on any atom is -0.481 e. The van der Waals surface area contributed by atoms with Gasteiger partial charge in [0.2, 0.25) is 5.88 Å². The van der Waals surface area contributed by atoms with E-state index in [1.54, 1.807) is 31.4 Å². The summed E-state index contributed by atoms with van der Waals surface area (Å²) >= 11 is 14.0. The third-order valence-electron chi connectivity index (χ3n) is 8.88. The zero-order valence-corrected chi connectivity index (χ0v) is 30.3. The van der Waals surface area contributed by atoms with Gasteiger partial charge < -0.3 is 20.1 Å². The standard InChI is InChI=1S/C35H30Cl2F3N6O3.Mo/c1-46-34(47)29-19(17-41-46)16-27(35(38,39)40)45-32(29)43-25-8-4-6-22(31(25)37)21-5-3-7-23(30(21)36)26-15-18-9-10-24(28(18)33(44-26)48-2)42-20-11-13-49-14-12-20;/h3-8,11,15-17,20,24,42H,9-10,12-14H2,1-2H3,(H,43,45);/q-1;/t20-,24-;/m0./s1. The van der Waals surface area contributed by atoms with E-state index in [2.05, 4.69) is 27.1 Å². The monoisotopic (exact) mass is 807 g/mol. The van der Waals surface area contributed by atoms with Gasteiger partial charge >= 0.3 is 6.18 Å². The second kappa shape index (κ2) is 14.6. The van der Waals surface area contributed by atoms with Crippen LogP contribution in [0.4, 0.5) is 24.7 Å². The molecule has 0 spiro atoms. The molecule has 9 nitrogen and oxygen atoms in total. The number of nitrogens with zero attached hydrogens (tertiary/aromatic N) is 4. The minimum atomic E-state index is -4.76. The molecule has 0 bridgehead atoms. The molecule has 1 aliphatic heterocycles. The van der Waals surface area contributed by atoms with Crippen molar-refractivity contribution in [2.75, 3.05) is 25.6 Å². The number of halogens is 5. The molecule has 0 radical (unpaired) electrons. The summed E-state index contributed by atoms with van der Waals surface area (Å²) in [6.45, 7) is 1.34. The van der Waals surface area contributed by atoms with Crippen LogP contribution >= 0.6 is 23.2 Å². The second-order valence-electron chi connectivity index (χ2n) is 11.9. The Labute approximate surface area is 309 Å². The molecule has 1 saturated heterocycles. The number of hydrogen-bond donors (Lipinski definition) is 2. The molecule has 2 N–H and O–H groups in total. The fraction of sp³-hybridized carbons (Fsp3) is 0.286. The topological polar surface area (TPSA) is 103 Å². The molecule has 50 heavy (non-hydrogen) atoms. The third-order valence-corrected chi connectivity index (χ3v) is 9.69. The number of methoxy groups -OCH3 is 1. The third kappa shape index (κ3) is 6.88. The molecule has 15 heteroatoms. The van der Waals surface area contributed by atoms with Crippen LogP contribution in [0.25, 0.3) is 33.2 Å². The Bertz CT molecular complexity index is 2140. The van der Waals surface area contributed by atoms with Gasteiger partial charge in [-0.15, -0.1) is 6.04 Å². The van der Waals surface area contributed by atoms with E-state index in [-0.39, 0.29) is 60.4 Å². The molecule has 0 saturated carbocycles. The average Bonchev–Trinajstić information content (AvgIpc) is 3.49. The fourth-order valence-electron chi connectivity index (χ4n) is 6.46. The molecule has 5 aromatic rings. The number of hydrogen-bond acceptors (Lipinski definition) is 8. The van der Waals surface area contributed by atoms with Gasteiger partial charge in [0, 0.05) is 68.4 Å². The Morgan fingerprint density at radius 1 is 1.04 bits per heavy atom. The average molecular weight is 807 g/mol. The van der Waals surface area contributed by atoms with Crippen molar-refractivity contribution < 1.29 is 43.7 Å². The summed E-state index contributed by atoms with van der Waals surface area (Å²) in [5, 5.41) is 10.9. The Morgan fingerprint density at radius 3 is 2.50 bits per heavy atom. The first-order valence-corrected chi connectivity index (χ1v) is 16.3. The van der Waals surface area contributed by atoms with Crippen molar-refractivity contribution in [2.24, 2.45) is 7.05 Å². The maximum atomic E-state index is 13.8. The first kappa shape index (κ1) is 36.3. The van der Waals surface area contributed by atoms with Crippen LogP contribution in [0.5, 0.6) is 5.88 Å². The number of aryl methyl sites for hydroxylation is 2. The van der Waals surface area contributed by atoms with Crippen molar-refractivity contribution in [1.29, 1.82) is 0 Å². The largest absolute Gasteiger partial charge is 0.481 e. The van der Waals surface area contributed by atoms with Crippen LogP contribution in [0.1, 0.15) is 35.7 Å². The molecule has 2 aromatic carbocycles. The number of alkyl halides is 3. The van der Waals surface area contributed by atoms with Crippen molar-refractivity contribution >= 4 is 45.5 Å². The van der Waals surface area contributed by atoms with Gasteiger partial charge in [0.15, 0.2) is 0 Å². The molecule has 7 rings (SSSR count). The van der Waals surface area contributed by atoms with Gasteiger partial charge in [0.25, 0.3) is 5.56 Å². The van der Waals surface area contributed by atoms with Gasteiger partial charge in [0.05, 0.1) is 40.1 Å². The Balaban J connectivity index is 0.00000432. The zero-order valence-electron chi connectivity index (χ0n) is 26.8. The molecular weight excluding hydrogens is 776 g/mol.